The third kappa shape index (κ3) is 2.77. The normalized spacial score (nSPS) is 10.3. The Hall–Kier alpha value is -1.47. The van der Waals surface area contributed by atoms with Gasteiger partial charge in [0.2, 0.25) is 0 Å². The molecule has 0 aliphatic carbocycles. The lowest BCUT2D eigenvalue weighted by Crippen LogP contribution is -1.91. The van der Waals surface area contributed by atoms with Crippen molar-refractivity contribution in [2.45, 2.75) is 12.8 Å². The number of hydrogen-bond acceptors (Lipinski definition) is 1. The first-order valence-electron chi connectivity index (χ1n) is 5.27. The number of rotatable bonds is 3. The summed E-state index contributed by atoms with van der Waals surface area (Å²) in [6.45, 7) is 0. The third-order valence-electron chi connectivity index (χ3n) is 2.56. The van der Waals surface area contributed by atoms with E-state index in [2.05, 4.69) is 12.1 Å². The van der Waals surface area contributed by atoms with Gasteiger partial charge in [-0.05, 0) is 36.1 Å². The van der Waals surface area contributed by atoms with Crippen molar-refractivity contribution in [2.75, 3.05) is 0 Å². The Bertz CT molecular complexity index is 465. The molecule has 0 radical (unpaired) electrons. The van der Waals surface area contributed by atoms with Gasteiger partial charge in [-0.3, -0.25) is 0 Å². The standard InChI is InChI=1S/C14H13ClO/c15-14-10-13(16)9-8-12(14)7-6-11-4-2-1-3-5-11/h1-5,8-10,16H,6-7H2. The van der Waals surface area contributed by atoms with E-state index in [1.807, 2.05) is 24.3 Å². The second-order valence-electron chi connectivity index (χ2n) is 3.76. The Balaban J connectivity index is 2.05. The van der Waals surface area contributed by atoms with E-state index in [0.29, 0.717) is 5.02 Å². The highest BCUT2D eigenvalue weighted by Gasteiger charge is 2.01. The first-order valence-corrected chi connectivity index (χ1v) is 5.65. The Morgan fingerprint density at radius 1 is 0.938 bits per heavy atom. The van der Waals surface area contributed by atoms with Crippen LogP contribution in [0.4, 0.5) is 0 Å². The summed E-state index contributed by atoms with van der Waals surface area (Å²) in [7, 11) is 0. The summed E-state index contributed by atoms with van der Waals surface area (Å²) < 4.78 is 0. The average molecular weight is 233 g/mol. The molecule has 0 bridgehead atoms. The van der Waals surface area contributed by atoms with Crippen LogP contribution in [0.1, 0.15) is 11.1 Å². The lowest BCUT2D eigenvalue weighted by molar-refractivity contribution is 0.475. The molecule has 2 heteroatoms. The minimum atomic E-state index is 0.216. The van der Waals surface area contributed by atoms with Crippen LogP contribution in [0.2, 0.25) is 5.02 Å². The Labute approximate surface area is 100 Å². The zero-order valence-electron chi connectivity index (χ0n) is 8.86. The number of aryl methyl sites for hydroxylation is 2. The van der Waals surface area contributed by atoms with E-state index in [-0.39, 0.29) is 5.75 Å². The van der Waals surface area contributed by atoms with Crippen LogP contribution in [0.15, 0.2) is 48.5 Å². The highest BCUT2D eigenvalue weighted by Crippen LogP contribution is 2.22. The van der Waals surface area contributed by atoms with Crippen LogP contribution in [0, 0.1) is 0 Å². The molecule has 0 amide bonds. The summed E-state index contributed by atoms with van der Waals surface area (Å²) in [5.74, 6) is 0.216. The van der Waals surface area contributed by atoms with Gasteiger partial charge in [-0.25, -0.2) is 0 Å². The van der Waals surface area contributed by atoms with E-state index in [9.17, 15) is 5.11 Å². The predicted octanol–water partition coefficient (Wildman–Crippen LogP) is 3.83. The molecule has 2 aromatic carbocycles. The van der Waals surface area contributed by atoms with Gasteiger partial charge < -0.3 is 5.11 Å². The van der Waals surface area contributed by atoms with Crippen LogP contribution in [-0.2, 0) is 12.8 Å². The topological polar surface area (TPSA) is 20.2 Å². The molecule has 2 aromatic rings. The van der Waals surface area contributed by atoms with Crippen molar-refractivity contribution in [3.8, 4) is 5.75 Å². The minimum absolute atomic E-state index is 0.216. The molecule has 0 heterocycles. The van der Waals surface area contributed by atoms with Crippen LogP contribution >= 0.6 is 11.6 Å². The minimum Gasteiger partial charge on any atom is -0.508 e. The molecule has 0 fully saturated rings. The quantitative estimate of drug-likeness (QED) is 0.853. The largest absolute Gasteiger partial charge is 0.508 e. The Morgan fingerprint density at radius 3 is 2.38 bits per heavy atom. The maximum absolute atomic E-state index is 9.24. The van der Waals surface area contributed by atoms with Crippen molar-refractivity contribution in [2.24, 2.45) is 0 Å². The number of halogens is 1. The molecule has 1 nitrogen and oxygen atoms in total. The van der Waals surface area contributed by atoms with E-state index >= 15 is 0 Å². The van der Waals surface area contributed by atoms with Crippen LogP contribution in [0.5, 0.6) is 5.75 Å². The molecule has 0 aliphatic rings. The third-order valence-corrected chi connectivity index (χ3v) is 2.91. The van der Waals surface area contributed by atoms with E-state index in [4.69, 9.17) is 11.6 Å². The fourth-order valence-electron chi connectivity index (χ4n) is 1.66. The Kier molecular flexibility index (Phi) is 3.47. The molecule has 0 unspecified atom stereocenters. The maximum atomic E-state index is 9.24. The highest BCUT2D eigenvalue weighted by molar-refractivity contribution is 6.31. The second-order valence-corrected chi connectivity index (χ2v) is 4.17. The second kappa shape index (κ2) is 5.04. The van der Waals surface area contributed by atoms with Gasteiger partial charge in [0.05, 0.1) is 0 Å². The number of benzene rings is 2. The van der Waals surface area contributed by atoms with Crippen LogP contribution in [0.3, 0.4) is 0 Å². The highest BCUT2D eigenvalue weighted by atomic mass is 35.5. The van der Waals surface area contributed by atoms with Gasteiger partial charge in [0.1, 0.15) is 5.75 Å². The fourth-order valence-corrected chi connectivity index (χ4v) is 1.93. The smallest absolute Gasteiger partial charge is 0.117 e. The van der Waals surface area contributed by atoms with Gasteiger partial charge in [-0.1, -0.05) is 48.0 Å². The van der Waals surface area contributed by atoms with Crippen LogP contribution in [0.25, 0.3) is 0 Å². The van der Waals surface area contributed by atoms with E-state index in [1.54, 1.807) is 12.1 Å². The van der Waals surface area contributed by atoms with E-state index in [0.717, 1.165) is 18.4 Å². The lowest BCUT2D eigenvalue weighted by Gasteiger charge is -2.04. The molecule has 0 atom stereocenters. The first kappa shape index (κ1) is 11.0. The van der Waals surface area contributed by atoms with Crippen molar-refractivity contribution >= 4 is 11.6 Å². The van der Waals surface area contributed by atoms with Gasteiger partial charge >= 0.3 is 0 Å². The molecule has 2 rings (SSSR count). The van der Waals surface area contributed by atoms with Crippen LogP contribution < -0.4 is 0 Å². The predicted molar refractivity (Wildman–Crippen MR) is 67.0 cm³/mol. The van der Waals surface area contributed by atoms with Crippen molar-refractivity contribution < 1.29 is 5.11 Å². The zero-order chi connectivity index (χ0) is 11.4. The summed E-state index contributed by atoms with van der Waals surface area (Å²) in [4.78, 5) is 0. The van der Waals surface area contributed by atoms with E-state index < -0.39 is 0 Å². The summed E-state index contributed by atoms with van der Waals surface area (Å²) in [5.41, 5.74) is 2.37. The van der Waals surface area contributed by atoms with Gasteiger partial charge in [0.15, 0.2) is 0 Å². The van der Waals surface area contributed by atoms with Gasteiger partial charge in [0.25, 0.3) is 0 Å². The maximum Gasteiger partial charge on any atom is 0.117 e. The molecular weight excluding hydrogens is 220 g/mol. The van der Waals surface area contributed by atoms with Gasteiger partial charge in [0, 0.05) is 5.02 Å². The molecule has 1 N–H and O–H groups in total. The monoisotopic (exact) mass is 232 g/mol. The molecule has 0 spiro atoms. The Morgan fingerprint density at radius 2 is 1.69 bits per heavy atom. The number of aromatic hydroxyl groups is 1. The lowest BCUT2D eigenvalue weighted by atomic mass is 10.0. The van der Waals surface area contributed by atoms with Gasteiger partial charge in [-0.2, -0.15) is 0 Å². The molecule has 0 aliphatic heterocycles. The van der Waals surface area contributed by atoms with Gasteiger partial charge in [-0.15, -0.1) is 0 Å². The van der Waals surface area contributed by atoms with Crippen molar-refractivity contribution in [3.05, 3.63) is 64.7 Å². The van der Waals surface area contributed by atoms with Crippen molar-refractivity contribution in [1.82, 2.24) is 0 Å². The first-order chi connectivity index (χ1) is 7.75. The molecular formula is C14H13ClO. The van der Waals surface area contributed by atoms with Crippen molar-refractivity contribution in [3.63, 3.8) is 0 Å². The van der Waals surface area contributed by atoms with E-state index in [1.165, 1.54) is 5.56 Å². The number of hydrogen-bond donors (Lipinski definition) is 1. The summed E-state index contributed by atoms with van der Waals surface area (Å²) in [6.07, 6.45) is 1.86. The molecule has 0 aromatic heterocycles. The SMILES string of the molecule is Oc1ccc(CCc2ccccc2)c(Cl)c1. The van der Waals surface area contributed by atoms with Crippen molar-refractivity contribution in [1.29, 1.82) is 0 Å². The zero-order valence-corrected chi connectivity index (χ0v) is 9.61. The molecule has 0 saturated carbocycles. The average Bonchev–Trinajstić information content (AvgIpc) is 2.29. The molecule has 0 saturated heterocycles. The van der Waals surface area contributed by atoms with Crippen LogP contribution in [-0.4, -0.2) is 5.11 Å². The number of phenols is 1. The summed E-state index contributed by atoms with van der Waals surface area (Å²) >= 11 is 6.04. The number of phenolic OH excluding ortho intramolecular Hbond substituents is 1. The molecule has 82 valence electrons. The molecule has 16 heavy (non-hydrogen) atoms. The summed E-state index contributed by atoms with van der Waals surface area (Å²) in [5, 5.41) is 9.87. The fraction of sp³-hybridized carbons (Fsp3) is 0.143. The summed E-state index contributed by atoms with van der Waals surface area (Å²) in [6, 6.07) is 15.4.